The van der Waals surface area contributed by atoms with Crippen molar-refractivity contribution < 1.29 is 13.9 Å². The largest absolute Gasteiger partial charge is 0.497 e. The summed E-state index contributed by atoms with van der Waals surface area (Å²) in [6, 6.07) is 19.6. The van der Waals surface area contributed by atoms with Gasteiger partial charge in [-0.05, 0) is 48.4 Å². The highest BCUT2D eigenvalue weighted by Crippen LogP contribution is 2.20. The molecule has 2 heterocycles. The lowest BCUT2D eigenvalue weighted by atomic mass is 10.2. The highest BCUT2D eigenvalue weighted by atomic mass is 16.5. The fourth-order valence-corrected chi connectivity index (χ4v) is 3.35. The number of furan rings is 1. The topological polar surface area (TPSA) is 69.3 Å². The summed E-state index contributed by atoms with van der Waals surface area (Å²) in [7, 11) is 1.67. The molecule has 0 aliphatic carbocycles. The second-order valence-corrected chi connectivity index (χ2v) is 6.79. The summed E-state index contributed by atoms with van der Waals surface area (Å²) < 4.78 is 12.6. The predicted octanol–water partition coefficient (Wildman–Crippen LogP) is 4.05. The first-order chi connectivity index (χ1) is 14.2. The Bertz CT molecular complexity index is 1080. The summed E-state index contributed by atoms with van der Waals surface area (Å²) in [6.07, 6.45) is 3.05. The smallest absolute Gasteiger partial charge is 0.286 e. The summed E-state index contributed by atoms with van der Waals surface area (Å²) in [5.74, 6) is 1.99. The molecule has 0 saturated heterocycles. The Morgan fingerprint density at radius 2 is 1.93 bits per heavy atom. The van der Waals surface area contributed by atoms with E-state index < -0.39 is 0 Å². The van der Waals surface area contributed by atoms with E-state index in [1.807, 2.05) is 30.3 Å². The van der Waals surface area contributed by atoms with E-state index >= 15 is 0 Å². The van der Waals surface area contributed by atoms with Gasteiger partial charge in [0.25, 0.3) is 5.91 Å². The second-order valence-electron chi connectivity index (χ2n) is 6.79. The number of hydrogen-bond donors (Lipinski definition) is 1. The van der Waals surface area contributed by atoms with Gasteiger partial charge in [0.15, 0.2) is 5.76 Å². The molecule has 2 aromatic heterocycles. The fourth-order valence-electron chi connectivity index (χ4n) is 3.35. The van der Waals surface area contributed by atoms with Gasteiger partial charge in [-0.25, -0.2) is 4.98 Å². The lowest BCUT2D eigenvalue weighted by molar-refractivity contribution is 0.0925. The molecule has 1 amide bonds. The maximum Gasteiger partial charge on any atom is 0.286 e. The summed E-state index contributed by atoms with van der Waals surface area (Å²) >= 11 is 0. The van der Waals surface area contributed by atoms with Crippen molar-refractivity contribution in [2.24, 2.45) is 0 Å². The number of hydrogen-bond acceptors (Lipinski definition) is 4. The maximum absolute atomic E-state index is 12.0. The van der Waals surface area contributed by atoms with E-state index in [4.69, 9.17) is 14.1 Å². The van der Waals surface area contributed by atoms with Crippen molar-refractivity contribution in [2.75, 3.05) is 13.7 Å². The van der Waals surface area contributed by atoms with E-state index in [2.05, 4.69) is 28.1 Å². The molecule has 0 spiro atoms. The molecular weight excluding hydrogens is 366 g/mol. The first kappa shape index (κ1) is 18.8. The number of methoxy groups -OCH3 is 1. The van der Waals surface area contributed by atoms with Crippen LogP contribution in [0.2, 0.25) is 0 Å². The van der Waals surface area contributed by atoms with Crippen molar-refractivity contribution in [1.82, 2.24) is 14.9 Å². The van der Waals surface area contributed by atoms with E-state index in [0.29, 0.717) is 12.3 Å². The molecule has 0 radical (unpaired) electrons. The van der Waals surface area contributed by atoms with Crippen molar-refractivity contribution in [3.63, 3.8) is 0 Å². The van der Waals surface area contributed by atoms with Crippen molar-refractivity contribution in [3.05, 3.63) is 84.1 Å². The van der Waals surface area contributed by atoms with E-state index in [9.17, 15) is 4.79 Å². The zero-order valence-electron chi connectivity index (χ0n) is 16.3. The van der Waals surface area contributed by atoms with Crippen molar-refractivity contribution >= 4 is 16.9 Å². The molecule has 0 unspecified atom stereocenters. The van der Waals surface area contributed by atoms with E-state index in [0.717, 1.165) is 42.0 Å². The molecule has 29 heavy (non-hydrogen) atoms. The Morgan fingerprint density at radius 3 is 2.69 bits per heavy atom. The third-order valence-electron chi connectivity index (χ3n) is 4.84. The average Bonchev–Trinajstić information content (AvgIpc) is 3.41. The first-order valence-corrected chi connectivity index (χ1v) is 9.63. The highest BCUT2D eigenvalue weighted by Gasteiger charge is 2.12. The van der Waals surface area contributed by atoms with Gasteiger partial charge in [0.1, 0.15) is 11.6 Å². The number of ether oxygens (including phenoxy) is 1. The molecule has 2 aromatic carbocycles. The number of amides is 1. The number of fused-ring (bicyclic) bond motifs is 1. The molecule has 0 bridgehead atoms. The number of aryl methyl sites for hydroxylation is 1. The van der Waals surface area contributed by atoms with Crippen LogP contribution in [0.3, 0.4) is 0 Å². The number of nitrogens with zero attached hydrogens (tertiary/aromatic N) is 2. The van der Waals surface area contributed by atoms with Crippen LogP contribution in [0.4, 0.5) is 0 Å². The lowest BCUT2D eigenvalue weighted by Crippen LogP contribution is -2.24. The second kappa shape index (κ2) is 8.65. The quantitative estimate of drug-likeness (QED) is 0.462. The molecule has 0 aliphatic rings. The molecule has 0 fully saturated rings. The molecule has 6 heteroatoms. The normalized spacial score (nSPS) is 10.9. The van der Waals surface area contributed by atoms with Gasteiger partial charge in [0.05, 0.1) is 24.4 Å². The fraction of sp³-hybridized carbons (Fsp3) is 0.217. The van der Waals surface area contributed by atoms with Gasteiger partial charge in [-0.1, -0.05) is 24.3 Å². The number of benzene rings is 2. The number of nitrogens with one attached hydrogen (secondary N) is 1. The molecule has 148 valence electrons. The molecule has 0 aliphatic heterocycles. The Balaban J connectivity index is 1.46. The summed E-state index contributed by atoms with van der Waals surface area (Å²) in [4.78, 5) is 16.8. The lowest BCUT2D eigenvalue weighted by Gasteiger charge is -2.10. The van der Waals surface area contributed by atoms with Gasteiger partial charge in [-0.3, -0.25) is 4.79 Å². The number of imidazole rings is 1. The Labute approximate surface area is 169 Å². The molecule has 0 atom stereocenters. The number of aromatic nitrogens is 2. The summed E-state index contributed by atoms with van der Waals surface area (Å²) in [5.41, 5.74) is 3.27. The third-order valence-corrected chi connectivity index (χ3v) is 4.84. The van der Waals surface area contributed by atoms with Gasteiger partial charge in [0.2, 0.25) is 0 Å². The molecular formula is C23H23N3O3. The minimum Gasteiger partial charge on any atom is -0.497 e. The van der Waals surface area contributed by atoms with Crippen LogP contribution in [0.5, 0.6) is 5.75 Å². The maximum atomic E-state index is 12.0. The number of para-hydroxylation sites is 2. The molecule has 6 nitrogen and oxygen atoms in total. The number of carbonyl (C=O) groups excluding carboxylic acids is 1. The van der Waals surface area contributed by atoms with Gasteiger partial charge in [0, 0.05) is 19.5 Å². The molecule has 4 aromatic rings. The standard InChI is InChI=1S/C23H23N3O3/c1-28-18-12-10-17(11-13-18)16-26-20-7-3-2-6-19(20)25-22(26)9-4-14-24-23(27)21-8-5-15-29-21/h2-3,5-8,10-13,15H,4,9,14,16H2,1H3,(H,24,27). The summed E-state index contributed by atoms with van der Waals surface area (Å²) in [5, 5.41) is 2.89. The Morgan fingerprint density at radius 1 is 1.10 bits per heavy atom. The van der Waals surface area contributed by atoms with Gasteiger partial charge < -0.3 is 19.0 Å². The van der Waals surface area contributed by atoms with Gasteiger partial charge >= 0.3 is 0 Å². The zero-order valence-corrected chi connectivity index (χ0v) is 16.3. The van der Waals surface area contributed by atoms with Crippen LogP contribution >= 0.6 is 0 Å². The first-order valence-electron chi connectivity index (χ1n) is 9.63. The summed E-state index contributed by atoms with van der Waals surface area (Å²) in [6.45, 7) is 1.30. The Hall–Kier alpha value is -3.54. The molecule has 0 saturated carbocycles. The van der Waals surface area contributed by atoms with Crippen molar-refractivity contribution in [2.45, 2.75) is 19.4 Å². The predicted molar refractivity (Wildman–Crippen MR) is 111 cm³/mol. The average molecular weight is 389 g/mol. The van der Waals surface area contributed by atoms with Crippen LogP contribution in [0.15, 0.2) is 71.3 Å². The van der Waals surface area contributed by atoms with E-state index in [1.165, 1.54) is 11.8 Å². The van der Waals surface area contributed by atoms with Gasteiger partial charge in [-0.15, -0.1) is 0 Å². The molecule has 1 N–H and O–H groups in total. The van der Waals surface area contributed by atoms with Crippen molar-refractivity contribution in [1.29, 1.82) is 0 Å². The zero-order chi connectivity index (χ0) is 20.1. The number of rotatable bonds is 8. The number of carbonyl (C=O) groups is 1. The van der Waals surface area contributed by atoms with Crippen LogP contribution in [0.1, 0.15) is 28.4 Å². The third kappa shape index (κ3) is 4.32. The molecule has 4 rings (SSSR count). The van der Waals surface area contributed by atoms with E-state index in [-0.39, 0.29) is 5.91 Å². The van der Waals surface area contributed by atoms with Gasteiger partial charge in [-0.2, -0.15) is 0 Å². The minimum atomic E-state index is -0.193. The minimum absolute atomic E-state index is 0.193. The Kier molecular flexibility index (Phi) is 5.61. The SMILES string of the molecule is COc1ccc(Cn2c(CCCNC(=O)c3ccco3)nc3ccccc32)cc1. The monoisotopic (exact) mass is 389 g/mol. The van der Waals surface area contributed by atoms with Crippen molar-refractivity contribution in [3.8, 4) is 5.75 Å². The highest BCUT2D eigenvalue weighted by molar-refractivity contribution is 5.91. The van der Waals surface area contributed by atoms with Crippen LogP contribution in [-0.4, -0.2) is 29.1 Å². The van der Waals surface area contributed by atoms with E-state index in [1.54, 1.807) is 19.2 Å². The van der Waals surface area contributed by atoms with Crippen LogP contribution in [0, 0.1) is 0 Å². The van der Waals surface area contributed by atoms with Crippen LogP contribution in [0.25, 0.3) is 11.0 Å². The van der Waals surface area contributed by atoms with Crippen LogP contribution in [-0.2, 0) is 13.0 Å². The van der Waals surface area contributed by atoms with Crippen LogP contribution < -0.4 is 10.1 Å².